The second-order valence-corrected chi connectivity index (χ2v) is 10.7. The molecule has 1 N–H and O–H groups in total. The van der Waals surface area contributed by atoms with Crippen LogP contribution in [0.3, 0.4) is 0 Å². The highest BCUT2D eigenvalue weighted by Crippen LogP contribution is 2.29. The SMILES string of the molecule is O=C(COC(=O)c1cc(S(=O)(=O)N2CCCCC2)ccc1Cl)NC1CCCc2ccccc21. The van der Waals surface area contributed by atoms with E-state index in [1.54, 1.807) is 0 Å². The first-order valence-electron chi connectivity index (χ1n) is 11.2. The van der Waals surface area contributed by atoms with Crippen LogP contribution in [0, 0.1) is 0 Å². The van der Waals surface area contributed by atoms with Crippen molar-refractivity contribution in [2.45, 2.75) is 49.5 Å². The van der Waals surface area contributed by atoms with Gasteiger partial charge in [-0.15, -0.1) is 0 Å². The summed E-state index contributed by atoms with van der Waals surface area (Å²) >= 11 is 6.14. The molecule has 1 unspecified atom stereocenters. The highest BCUT2D eigenvalue weighted by Gasteiger charge is 2.28. The van der Waals surface area contributed by atoms with Crippen molar-refractivity contribution in [1.29, 1.82) is 0 Å². The summed E-state index contributed by atoms with van der Waals surface area (Å²) in [6.45, 7) is 0.432. The van der Waals surface area contributed by atoms with E-state index in [0.29, 0.717) is 13.1 Å². The Labute approximate surface area is 199 Å². The maximum atomic E-state index is 12.9. The van der Waals surface area contributed by atoms with Crippen molar-refractivity contribution in [3.8, 4) is 0 Å². The quantitative estimate of drug-likeness (QED) is 0.620. The van der Waals surface area contributed by atoms with E-state index in [1.165, 1.54) is 28.1 Å². The van der Waals surface area contributed by atoms with Crippen LogP contribution in [0.5, 0.6) is 0 Å². The molecule has 176 valence electrons. The van der Waals surface area contributed by atoms with Crippen molar-refractivity contribution in [1.82, 2.24) is 9.62 Å². The topological polar surface area (TPSA) is 92.8 Å². The highest BCUT2D eigenvalue weighted by molar-refractivity contribution is 7.89. The van der Waals surface area contributed by atoms with Gasteiger partial charge in [0.1, 0.15) is 0 Å². The number of halogens is 1. The summed E-state index contributed by atoms with van der Waals surface area (Å²) in [6, 6.07) is 11.8. The third kappa shape index (κ3) is 5.39. The number of fused-ring (bicyclic) bond motifs is 1. The number of rotatable bonds is 6. The van der Waals surface area contributed by atoms with Crippen LogP contribution in [0.1, 0.15) is 59.6 Å². The van der Waals surface area contributed by atoms with Gasteiger partial charge in [0.25, 0.3) is 5.91 Å². The lowest BCUT2D eigenvalue weighted by Crippen LogP contribution is -2.35. The van der Waals surface area contributed by atoms with Gasteiger partial charge in [0, 0.05) is 13.1 Å². The van der Waals surface area contributed by atoms with Gasteiger partial charge in [0.05, 0.1) is 21.5 Å². The molecule has 2 aromatic rings. The van der Waals surface area contributed by atoms with Gasteiger partial charge < -0.3 is 10.1 Å². The smallest absolute Gasteiger partial charge is 0.340 e. The number of nitrogens with one attached hydrogen (secondary N) is 1. The number of hydrogen-bond donors (Lipinski definition) is 1. The Morgan fingerprint density at radius 1 is 1.06 bits per heavy atom. The number of nitrogens with zero attached hydrogens (tertiary/aromatic N) is 1. The van der Waals surface area contributed by atoms with Crippen LogP contribution in [-0.2, 0) is 26.0 Å². The molecule has 0 bridgehead atoms. The van der Waals surface area contributed by atoms with Crippen molar-refractivity contribution < 1.29 is 22.7 Å². The maximum absolute atomic E-state index is 12.9. The van der Waals surface area contributed by atoms with Gasteiger partial charge in [-0.1, -0.05) is 42.3 Å². The Kier molecular flexibility index (Phi) is 7.36. The Morgan fingerprint density at radius 2 is 1.82 bits per heavy atom. The second kappa shape index (κ2) is 10.2. The maximum Gasteiger partial charge on any atom is 0.340 e. The Bertz CT molecular complexity index is 1150. The largest absolute Gasteiger partial charge is 0.452 e. The van der Waals surface area contributed by atoms with Gasteiger partial charge in [-0.05, 0) is 61.4 Å². The zero-order valence-electron chi connectivity index (χ0n) is 18.3. The molecule has 1 aliphatic carbocycles. The van der Waals surface area contributed by atoms with Gasteiger partial charge in [-0.2, -0.15) is 4.31 Å². The second-order valence-electron chi connectivity index (χ2n) is 8.39. The molecule has 7 nitrogen and oxygen atoms in total. The number of hydrogen-bond acceptors (Lipinski definition) is 5. The van der Waals surface area contributed by atoms with E-state index in [0.717, 1.165) is 44.1 Å². The molecule has 9 heteroatoms. The summed E-state index contributed by atoms with van der Waals surface area (Å²) in [6.07, 6.45) is 5.38. The zero-order valence-corrected chi connectivity index (χ0v) is 19.8. The van der Waals surface area contributed by atoms with Crippen molar-refractivity contribution in [3.63, 3.8) is 0 Å². The number of amides is 1. The molecule has 33 heavy (non-hydrogen) atoms. The van der Waals surface area contributed by atoms with Crippen LogP contribution in [0.2, 0.25) is 5.02 Å². The number of sulfonamides is 1. The van der Waals surface area contributed by atoms with Crippen LogP contribution >= 0.6 is 11.6 Å². The van der Waals surface area contributed by atoms with E-state index in [1.807, 2.05) is 18.2 Å². The summed E-state index contributed by atoms with van der Waals surface area (Å²) in [5.74, 6) is -1.26. The molecule has 1 amide bonds. The molecule has 4 rings (SSSR count). The molecule has 0 aromatic heterocycles. The highest BCUT2D eigenvalue weighted by atomic mass is 35.5. The molecule has 0 radical (unpaired) electrons. The van der Waals surface area contributed by atoms with Gasteiger partial charge in [0.15, 0.2) is 6.61 Å². The zero-order chi connectivity index (χ0) is 23.4. The lowest BCUT2D eigenvalue weighted by Gasteiger charge is -2.26. The van der Waals surface area contributed by atoms with E-state index >= 15 is 0 Å². The third-order valence-electron chi connectivity index (χ3n) is 6.15. The number of carbonyl (C=O) groups is 2. The molecule has 1 heterocycles. The van der Waals surface area contributed by atoms with Crippen molar-refractivity contribution >= 4 is 33.5 Å². The average Bonchev–Trinajstić information content (AvgIpc) is 2.83. The molecular weight excluding hydrogens is 464 g/mol. The molecule has 1 atom stereocenters. The summed E-state index contributed by atoms with van der Waals surface area (Å²) in [7, 11) is -3.73. The molecule has 0 saturated carbocycles. The van der Waals surface area contributed by atoms with Gasteiger partial charge in [-0.3, -0.25) is 4.79 Å². The first-order chi connectivity index (χ1) is 15.9. The summed E-state index contributed by atoms with van der Waals surface area (Å²) in [5, 5.41) is 2.99. The number of carbonyl (C=O) groups excluding carboxylic acids is 2. The van der Waals surface area contributed by atoms with E-state index in [9.17, 15) is 18.0 Å². The van der Waals surface area contributed by atoms with Crippen molar-refractivity contribution in [2.75, 3.05) is 19.7 Å². The van der Waals surface area contributed by atoms with Crippen LogP contribution in [0.15, 0.2) is 47.4 Å². The predicted molar refractivity (Wildman–Crippen MR) is 125 cm³/mol. The van der Waals surface area contributed by atoms with E-state index < -0.39 is 28.5 Å². The molecule has 2 aliphatic rings. The fraction of sp³-hybridized carbons (Fsp3) is 0.417. The minimum Gasteiger partial charge on any atom is -0.452 e. The molecule has 1 fully saturated rings. The Morgan fingerprint density at radius 3 is 2.61 bits per heavy atom. The normalized spacial score (nSPS) is 18.9. The van der Waals surface area contributed by atoms with Gasteiger partial charge in [-0.25, -0.2) is 13.2 Å². The number of benzene rings is 2. The first kappa shape index (κ1) is 23.7. The molecule has 2 aromatic carbocycles. The molecule has 1 aliphatic heterocycles. The fourth-order valence-corrected chi connectivity index (χ4v) is 6.16. The van der Waals surface area contributed by atoms with Gasteiger partial charge >= 0.3 is 5.97 Å². The van der Waals surface area contributed by atoms with E-state index in [-0.39, 0.29) is 21.5 Å². The Balaban J connectivity index is 1.40. The standard InChI is InChI=1S/C24H27ClN2O5S/c25-21-12-11-18(33(30,31)27-13-4-1-5-14-27)15-20(21)24(29)32-16-23(28)26-22-10-6-8-17-7-2-3-9-19(17)22/h2-3,7,9,11-12,15,22H,1,4-6,8,10,13-14,16H2,(H,26,28). The molecular formula is C24H27ClN2O5S. The van der Waals surface area contributed by atoms with Crippen LogP contribution < -0.4 is 5.32 Å². The minimum absolute atomic E-state index is 0.0102. The van der Waals surface area contributed by atoms with E-state index in [4.69, 9.17) is 16.3 Å². The number of ether oxygens (including phenoxy) is 1. The number of esters is 1. The van der Waals surface area contributed by atoms with Crippen LogP contribution in [0.4, 0.5) is 0 Å². The van der Waals surface area contributed by atoms with Crippen LogP contribution in [0.25, 0.3) is 0 Å². The Hall–Kier alpha value is -2.42. The minimum atomic E-state index is -3.73. The lowest BCUT2D eigenvalue weighted by atomic mass is 9.88. The van der Waals surface area contributed by atoms with Crippen molar-refractivity contribution in [2.24, 2.45) is 0 Å². The molecule has 0 spiro atoms. The summed E-state index contributed by atoms with van der Waals surface area (Å²) < 4.78 is 32.4. The fourth-order valence-electron chi connectivity index (χ4n) is 4.42. The monoisotopic (exact) mass is 490 g/mol. The number of aryl methyl sites for hydroxylation is 1. The van der Waals surface area contributed by atoms with Crippen LogP contribution in [-0.4, -0.2) is 44.3 Å². The van der Waals surface area contributed by atoms with Crippen molar-refractivity contribution in [3.05, 3.63) is 64.2 Å². The average molecular weight is 491 g/mol. The third-order valence-corrected chi connectivity index (χ3v) is 8.37. The van der Waals surface area contributed by atoms with E-state index in [2.05, 4.69) is 11.4 Å². The summed E-state index contributed by atoms with van der Waals surface area (Å²) in [4.78, 5) is 25.1. The van der Waals surface area contributed by atoms with Gasteiger partial charge in [0.2, 0.25) is 10.0 Å². The lowest BCUT2D eigenvalue weighted by molar-refractivity contribution is -0.125. The first-order valence-corrected chi connectivity index (χ1v) is 13.0. The summed E-state index contributed by atoms with van der Waals surface area (Å²) in [5.41, 5.74) is 2.22. The number of piperidine rings is 1. The predicted octanol–water partition coefficient (Wildman–Crippen LogP) is 3.87. The molecule has 1 saturated heterocycles.